The Morgan fingerprint density at radius 2 is 2.17 bits per heavy atom. The van der Waals surface area contributed by atoms with Crippen molar-refractivity contribution in [1.82, 2.24) is 10.2 Å². The molecule has 0 amide bonds. The summed E-state index contributed by atoms with van der Waals surface area (Å²) in [5.74, 6) is 0.739. The average molecular weight is 245 g/mol. The molecule has 1 aromatic heterocycles. The lowest BCUT2D eigenvalue weighted by Gasteiger charge is -2.07. The van der Waals surface area contributed by atoms with Crippen LogP contribution in [-0.2, 0) is 0 Å². The molecule has 0 fully saturated rings. The molecule has 5 nitrogen and oxygen atoms in total. The molecule has 1 unspecified atom stereocenters. The molecule has 18 heavy (non-hydrogen) atoms. The van der Waals surface area contributed by atoms with E-state index >= 15 is 0 Å². The Morgan fingerprint density at radius 3 is 2.83 bits per heavy atom. The third kappa shape index (κ3) is 2.41. The van der Waals surface area contributed by atoms with E-state index in [1.54, 1.807) is 20.1 Å². The van der Waals surface area contributed by atoms with E-state index in [2.05, 4.69) is 10.2 Å². The first kappa shape index (κ1) is 12.3. The van der Waals surface area contributed by atoms with Crippen LogP contribution in [0.15, 0.2) is 35.1 Å². The number of nitrogens with one attached hydrogen (secondary N) is 1. The second-order valence-corrected chi connectivity index (χ2v) is 4.06. The van der Waals surface area contributed by atoms with Crippen LogP contribution >= 0.6 is 0 Å². The second kappa shape index (κ2) is 5.01. The molecular formula is C13H15N3O2. The van der Waals surface area contributed by atoms with Gasteiger partial charge in [-0.2, -0.15) is 5.10 Å². The van der Waals surface area contributed by atoms with Crippen molar-refractivity contribution < 1.29 is 4.74 Å². The predicted molar refractivity (Wildman–Crippen MR) is 69.4 cm³/mol. The van der Waals surface area contributed by atoms with Gasteiger partial charge in [0.05, 0.1) is 12.8 Å². The fourth-order valence-electron chi connectivity index (χ4n) is 1.69. The Hall–Kier alpha value is -2.14. The number of rotatable bonds is 3. The van der Waals surface area contributed by atoms with Crippen LogP contribution in [0.4, 0.5) is 0 Å². The first-order valence-corrected chi connectivity index (χ1v) is 5.61. The summed E-state index contributed by atoms with van der Waals surface area (Å²) >= 11 is 0. The smallest absolute Gasteiger partial charge is 0.268 e. The topological polar surface area (TPSA) is 81.0 Å². The summed E-state index contributed by atoms with van der Waals surface area (Å²) < 4.78 is 5.15. The van der Waals surface area contributed by atoms with Gasteiger partial charge in [0.1, 0.15) is 5.75 Å². The van der Waals surface area contributed by atoms with E-state index in [1.807, 2.05) is 24.3 Å². The van der Waals surface area contributed by atoms with Gasteiger partial charge in [0.2, 0.25) is 0 Å². The number of hydrogen-bond acceptors (Lipinski definition) is 4. The van der Waals surface area contributed by atoms with Crippen molar-refractivity contribution in [2.24, 2.45) is 5.73 Å². The van der Waals surface area contributed by atoms with Crippen LogP contribution in [0.3, 0.4) is 0 Å². The highest BCUT2D eigenvalue weighted by Gasteiger charge is 2.09. The molecular weight excluding hydrogens is 230 g/mol. The first-order valence-electron chi connectivity index (χ1n) is 5.61. The summed E-state index contributed by atoms with van der Waals surface area (Å²) in [6.45, 7) is 1.76. The summed E-state index contributed by atoms with van der Waals surface area (Å²) in [4.78, 5) is 11.5. The van der Waals surface area contributed by atoms with Gasteiger partial charge in [-0.25, -0.2) is 5.10 Å². The molecule has 0 saturated carbocycles. The van der Waals surface area contributed by atoms with Crippen molar-refractivity contribution in [3.05, 3.63) is 46.2 Å². The molecule has 0 radical (unpaired) electrons. The minimum atomic E-state index is -0.332. The van der Waals surface area contributed by atoms with Crippen LogP contribution in [0.1, 0.15) is 18.5 Å². The van der Waals surface area contributed by atoms with Crippen molar-refractivity contribution in [2.75, 3.05) is 7.11 Å². The summed E-state index contributed by atoms with van der Waals surface area (Å²) in [6.07, 6.45) is 0. The van der Waals surface area contributed by atoms with Crippen LogP contribution in [0.2, 0.25) is 0 Å². The van der Waals surface area contributed by atoms with Gasteiger partial charge in [-0.15, -0.1) is 0 Å². The molecule has 0 spiro atoms. The molecule has 0 aliphatic heterocycles. The molecule has 2 aromatic rings. The lowest BCUT2D eigenvalue weighted by Crippen LogP contribution is -2.20. The minimum Gasteiger partial charge on any atom is -0.497 e. The highest BCUT2D eigenvalue weighted by molar-refractivity contribution is 5.61. The number of nitrogens with two attached hydrogens (primary N) is 1. The van der Waals surface area contributed by atoms with Gasteiger partial charge in [0.15, 0.2) is 0 Å². The van der Waals surface area contributed by atoms with E-state index in [9.17, 15) is 4.79 Å². The number of H-pyrrole nitrogens is 1. The zero-order valence-electron chi connectivity index (χ0n) is 10.3. The van der Waals surface area contributed by atoms with E-state index in [0.29, 0.717) is 11.3 Å². The van der Waals surface area contributed by atoms with E-state index in [-0.39, 0.29) is 11.6 Å². The largest absolute Gasteiger partial charge is 0.497 e. The summed E-state index contributed by atoms with van der Waals surface area (Å²) in [7, 11) is 1.60. The number of hydrogen-bond donors (Lipinski definition) is 2. The quantitative estimate of drug-likeness (QED) is 0.857. The van der Waals surface area contributed by atoms with Crippen LogP contribution in [-0.4, -0.2) is 17.3 Å². The monoisotopic (exact) mass is 245 g/mol. The van der Waals surface area contributed by atoms with Gasteiger partial charge in [-0.05, 0) is 25.1 Å². The molecule has 5 heteroatoms. The molecule has 3 N–H and O–H groups in total. The van der Waals surface area contributed by atoms with E-state index in [4.69, 9.17) is 10.5 Å². The number of aromatic nitrogens is 2. The molecule has 94 valence electrons. The Kier molecular flexibility index (Phi) is 3.43. The number of methoxy groups -OCH3 is 1. The fraction of sp³-hybridized carbons (Fsp3) is 0.231. The summed E-state index contributed by atoms with van der Waals surface area (Å²) in [5, 5.41) is 6.48. The molecule has 1 aromatic carbocycles. The normalized spacial score (nSPS) is 12.2. The number of ether oxygens (including phenoxy) is 1. The predicted octanol–water partition coefficient (Wildman–Crippen LogP) is 1.47. The highest BCUT2D eigenvalue weighted by Crippen LogP contribution is 2.22. The third-order valence-electron chi connectivity index (χ3n) is 2.69. The Balaban J connectivity index is 2.50. The van der Waals surface area contributed by atoms with Gasteiger partial charge in [-0.3, -0.25) is 4.79 Å². The SMILES string of the molecule is COc1cccc(-c2cc(C(C)N)c(=O)[nH]n2)c1. The van der Waals surface area contributed by atoms with E-state index < -0.39 is 0 Å². The maximum atomic E-state index is 11.5. The summed E-state index contributed by atoms with van der Waals surface area (Å²) in [5.41, 5.74) is 7.54. The van der Waals surface area contributed by atoms with Gasteiger partial charge < -0.3 is 10.5 Å². The maximum absolute atomic E-state index is 11.5. The van der Waals surface area contributed by atoms with Gasteiger partial charge in [0, 0.05) is 17.2 Å². The maximum Gasteiger partial charge on any atom is 0.268 e. The third-order valence-corrected chi connectivity index (χ3v) is 2.69. The first-order chi connectivity index (χ1) is 8.61. The molecule has 1 atom stereocenters. The van der Waals surface area contributed by atoms with Crippen molar-refractivity contribution in [1.29, 1.82) is 0 Å². The van der Waals surface area contributed by atoms with Crippen molar-refractivity contribution in [3.63, 3.8) is 0 Å². The van der Waals surface area contributed by atoms with E-state index in [0.717, 1.165) is 11.3 Å². The number of nitrogens with zero attached hydrogens (tertiary/aromatic N) is 1. The van der Waals surface area contributed by atoms with Crippen molar-refractivity contribution >= 4 is 0 Å². The van der Waals surface area contributed by atoms with Gasteiger partial charge >= 0.3 is 0 Å². The van der Waals surface area contributed by atoms with Gasteiger partial charge in [-0.1, -0.05) is 12.1 Å². The zero-order chi connectivity index (χ0) is 13.1. The van der Waals surface area contributed by atoms with Crippen LogP contribution < -0.4 is 16.0 Å². The lowest BCUT2D eigenvalue weighted by atomic mass is 10.1. The molecule has 0 bridgehead atoms. The van der Waals surface area contributed by atoms with Gasteiger partial charge in [0.25, 0.3) is 5.56 Å². The van der Waals surface area contributed by atoms with Crippen LogP contribution in [0, 0.1) is 0 Å². The van der Waals surface area contributed by atoms with Crippen LogP contribution in [0.25, 0.3) is 11.3 Å². The lowest BCUT2D eigenvalue weighted by molar-refractivity contribution is 0.415. The minimum absolute atomic E-state index is 0.253. The van der Waals surface area contributed by atoms with Crippen molar-refractivity contribution in [3.8, 4) is 17.0 Å². The zero-order valence-corrected chi connectivity index (χ0v) is 10.3. The number of benzene rings is 1. The standard InChI is InChI=1S/C13H15N3O2/c1-8(14)11-7-12(15-16-13(11)17)9-4-3-5-10(6-9)18-2/h3-8H,14H2,1-2H3,(H,16,17). The molecule has 0 saturated heterocycles. The Labute approximate surface area is 105 Å². The molecule has 0 aliphatic rings. The molecule has 0 aliphatic carbocycles. The Morgan fingerprint density at radius 1 is 1.39 bits per heavy atom. The second-order valence-electron chi connectivity index (χ2n) is 4.06. The van der Waals surface area contributed by atoms with Crippen molar-refractivity contribution in [2.45, 2.75) is 13.0 Å². The highest BCUT2D eigenvalue weighted by atomic mass is 16.5. The fourth-order valence-corrected chi connectivity index (χ4v) is 1.69. The molecule has 1 heterocycles. The number of aromatic amines is 1. The van der Waals surface area contributed by atoms with E-state index in [1.165, 1.54) is 0 Å². The Bertz CT molecular complexity index is 605. The van der Waals surface area contributed by atoms with Crippen LogP contribution in [0.5, 0.6) is 5.75 Å². The average Bonchev–Trinajstić information content (AvgIpc) is 2.39. The molecule has 2 rings (SSSR count). The summed E-state index contributed by atoms with van der Waals surface area (Å²) in [6, 6.07) is 8.84.